The van der Waals surface area contributed by atoms with E-state index in [0.717, 1.165) is 22.9 Å². The van der Waals surface area contributed by atoms with Gasteiger partial charge in [0.05, 0.1) is 11.1 Å². The van der Waals surface area contributed by atoms with Gasteiger partial charge in [0.15, 0.2) is 0 Å². The van der Waals surface area contributed by atoms with Crippen molar-refractivity contribution in [2.45, 2.75) is 25.9 Å². The second kappa shape index (κ2) is 4.99. The number of aliphatic hydroxyl groups is 1. The van der Waals surface area contributed by atoms with Crippen LogP contribution in [0.3, 0.4) is 0 Å². The average molecular weight is 264 g/mol. The van der Waals surface area contributed by atoms with E-state index in [1.807, 2.05) is 25.1 Å². The smallest absolute Gasteiger partial charge is 0.0804 e. The van der Waals surface area contributed by atoms with E-state index in [9.17, 15) is 5.11 Å². The van der Waals surface area contributed by atoms with Crippen molar-refractivity contribution >= 4 is 27.5 Å². The van der Waals surface area contributed by atoms with Gasteiger partial charge in [-0.2, -0.15) is 0 Å². The summed E-state index contributed by atoms with van der Waals surface area (Å²) >= 11 is 9.34. The van der Waals surface area contributed by atoms with Gasteiger partial charge in [0.1, 0.15) is 0 Å². The molecule has 0 radical (unpaired) electrons. The number of aliphatic hydroxyl groups excluding tert-OH is 1. The Kier molecular flexibility index (Phi) is 4.23. The van der Waals surface area contributed by atoms with Crippen LogP contribution >= 0.6 is 27.5 Å². The molecule has 1 N–H and O–H groups in total. The summed E-state index contributed by atoms with van der Waals surface area (Å²) < 4.78 is 0.835. The Hall–Kier alpha value is -0.0500. The van der Waals surface area contributed by atoms with Crippen LogP contribution in [-0.4, -0.2) is 5.11 Å². The maximum Gasteiger partial charge on any atom is 0.0804 e. The largest absolute Gasteiger partial charge is 0.388 e. The van der Waals surface area contributed by atoms with Crippen LogP contribution in [0.25, 0.3) is 0 Å². The number of rotatable bonds is 3. The number of hydrogen-bond donors (Lipinski definition) is 1. The molecule has 1 aromatic rings. The van der Waals surface area contributed by atoms with Gasteiger partial charge >= 0.3 is 0 Å². The maximum absolute atomic E-state index is 9.72. The van der Waals surface area contributed by atoms with Crippen LogP contribution in [0.2, 0.25) is 5.02 Å². The highest BCUT2D eigenvalue weighted by Crippen LogP contribution is 2.31. The van der Waals surface area contributed by atoms with Gasteiger partial charge < -0.3 is 5.11 Å². The zero-order valence-electron chi connectivity index (χ0n) is 7.43. The minimum Gasteiger partial charge on any atom is -0.388 e. The molecule has 72 valence electrons. The summed E-state index contributed by atoms with van der Waals surface area (Å²) in [6.45, 7) is 2.04. The monoisotopic (exact) mass is 262 g/mol. The first-order chi connectivity index (χ1) is 6.16. The molecule has 0 saturated carbocycles. The van der Waals surface area contributed by atoms with Crippen LogP contribution in [0, 0.1) is 0 Å². The van der Waals surface area contributed by atoms with Crippen LogP contribution in [0.4, 0.5) is 0 Å². The molecule has 0 amide bonds. The quantitative estimate of drug-likeness (QED) is 0.876. The number of benzene rings is 1. The molecule has 0 bridgehead atoms. The summed E-state index contributed by atoms with van der Waals surface area (Å²) in [6.07, 6.45) is 1.25. The lowest BCUT2D eigenvalue weighted by Gasteiger charge is -2.12. The molecule has 0 saturated heterocycles. The van der Waals surface area contributed by atoms with Gasteiger partial charge in [-0.1, -0.05) is 37.1 Å². The van der Waals surface area contributed by atoms with Gasteiger partial charge in [-0.05, 0) is 28.4 Å². The van der Waals surface area contributed by atoms with E-state index in [4.69, 9.17) is 11.6 Å². The Balaban J connectivity index is 2.93. The van der Waals surface area contributed by atoms with Crippen molar-refractivity contribution in [3.63, 3.8) is 0 Å². The molecule has 1 atom stereocenters. The third kappa shape index (κ3) is 2.70. The highest BCUT2D eigenvalue weighted by Gasteiger charge is 2.11. The summed E-state index contributed by atoms with van der Waals surface area (Å²) in [5.74, 6) is 0. The minimum absolute atomic E-state index is 0.449. The predicted molar refractivity (Wildman–Crippen MR) is 59.0 cm³/mol. The van der Waals surface area contributed by atoms with E-state index in [1.165, 1.54) is 0 Å². The summed E-state index contributed by atoms with van der Waals surface area (Å²) in [6, 6.07) is 5.60. The summed E-state index contributed by atoms with van der Waals surface area (Å²) in [7, 11) is 0. The van der Waals surface area contributed by atoms with E-state index in [-0.39, 0.29) is 0 Å². The lowest BCUT2D eigenvalue weighted by molar-refractivity contribution is 0.166. The molecule has 0 aliphatic carbocycles. The molecule has 0 spiro atoms. The predicted octanol–water partition coefficient (Wildman–Crippen LogP) is 3.94. The molecular formula is C10H12BrClO. The molecule has 0 aliphatic rings. The molecule has 0 heterocycles. The summed E-state index contributed by atoms with van der Waals surface area (Å²) in [4.78, 5) is 0. The van der Waals surface area contributed by atoms with Crippen molar-refractivity contribution in [1.29, 1.82) is 0 Å². The lowest BCUT2D eigenvalue weighted by atomic mass is 10.1. The SMILES string of the molecule is CCCC(O)c1cccc(Br)c1Cl. The van der Waals surface area contributed by atoms with Crippen molar-refractivity contribution in [3.8, 4) is 0 Å². The topological polar surface area (TPSA) is 20.2 Å². The average Bonchev–Trinajstić information content (AvgIpc) is 2.10. The van der Waals surface area contributed by atoms with Crippen LogP contribution in [0.5, 0.6) is 0 Å². The van der Waals surface area contributed by atoms with Gasteiger partial charge in [0.2, 0.25) is 0 Å². The Morgan fingerprint density at radius 1 is 1.54 bits per heavy atom. The fraction of sp³-hybridized carbons (Fsp3) is 0.400. The van der Waals surface area contributed by atoms with Gasteiger partial charge in [-0.3, -0.25) is 0 Å². The third-order valence-electron chi connectivity index (χ3n) is 1.90. The highest BCUT2D eigenvalue weighted by atomic mass is 79.9. The molecule has 0 aromatic heterocycles. The maximum atomic E-state index is 9.72. The first-order valence-electron chi connectivity index (χ1n) is 4.28. The van der Waals surface area contributed by atoms with Crippen molar-refractivity contribution in [2.75, 3.05) is 0 Å². The number of hydrogen-bond acceptors (Lipinski definition) is 1. The van der Waals surface area contributed by atoms with Gasteiger partial charge in [-0.15, -0.1) is 0 Å². The third-order valence-corrected chi connectivity index (χ3v) is 3.21. The summed E-state index contributed by atoms with van der Waals surface area (Å²) in [5, 5.41) is 10.3. The van der Waals surface area contributed by atoms with Crippen molar-refractivity contribution in [1.82, 2.24) is 0 Å². The molecular weight excluding hydrogens is 251 g/mol. The first-order valence-corrected chi connectivity index (χ1v) is 5.46. The van der Waals surface area contributed by atoms with E-state index in [0.29, 0.717) is 5.02 Å². The van der Waals surface area contributed by atoms with E-state index < -0.39 is 6.10 Å². The first kappa shape index (κ1) is 11.0. The van der Waals surface area contributed by atoms with Crippen LogP contribution < -0.4 is 0 Å². The second-order valence-corrected chi connectivity index (χ2v) is 4.18. The molecule has 13 heavy (non-hydrogen) atoms. The summed E-state index contributed by atoms with van der Waals surface area (Å²) in [5.41, 5.74) is 0.804. The Labute approximate surface area is 91.9 Å². The fourth-order valence-electron chi connectivity index (χ4n) is 1.21. The molecule has 1 rings (SSSR count). The zero-order valence-corrected chi connectivity index (χ0v) is 9.77. The van der Waals surface area contributed by atoms with Crippen LogP contribution in [-0.2, 0) is 0 Å². The van der Waals surface area contributed by atoms with Gasteiger partial charge in [0, 0.05) is 10.0 Å². The molecule has 3 heteroatoms. The highest BCUT2D eigenvalue weighted by molar-refractivity contribution is 9.10. The normalized spacial score (nSPS) is 12.9. The lowest BCUT2D eigenvalue weighted by Crippen LogP contribution is -1.97. The molecule has 0 fully saturated rings. The van der Waals surface area contributed by atoms with E-state index in [1.54, 1.807) is 0 Å². The molecule has 1 aromatic carbocycles. The van der Waals surface area contributed by atoms with E-state index >= 15 is 0 Å². The Bertz CT molecular complexity index is 288. The van der Waals surface area contributed by atoms with Crippen LogP contribution in [0.1, 0.15) is 31.4 Å². The van der Waals surface area contributed by atoms with E-state index in [2.05, 4.69) is 15.9 Å². The van der Waals surface area contributed by atoms with Crippen LogP contribution in [0.15, 0.2) is 22.7 Å². The molecule has 1 nitrogen and oxygen atoms in total. The molecule has 0 aliphatic heterocycles. The van der Waals surface area contributed by atoms with Gasteiger partial charge in [-0.25, -0.2) is 0 Å². The van der Waals surface area contributed by atoms with Crippen molar-refractivity contribution in [3.05, 3.63) is 33.3 Å². The van der Waals surface area contributed by atoms with Crippen molar-refractivity contribution < 1.29 is 5.11 Å². The Morgan fingerprint density at radius 3 is 2.85 bits per heavy atom. The Morgan fingerprint density at radius 2 is 2.23 bits per heavy atom. The minimum atomic E-state index is -0.449. The van der Waals surface area contributed by atoms with Crippen molar-refractivity contribution in [2.24, 2.45) is 0 Å². The second-order valence-electron chi connectivity index (χ2n) is 2.95. The molecule has 1 unspecified atom stereocenters. The van der Waals surface area contributed by atoms with Gasteiger partial charge in [0.25, 0.3) is 0 Å². The number of halogens is 2. The fourth-order valence-corrected chi connectivity index (χ4v) is 1.84. The zero-order chi connectivity index (χ0) is 9.84. The standard InChI is InChI=1S/C10H12BrClO/c1-2-4-9(13)7-5-3-6-8(11)10(7)12/h3,5-6,9,13H,2,4H2,1H3.